The molecule has 0 atom stereocenters. The second-order valence-electron chi connectivity index (χ2n) is 8.74. The van der Waals surface area contributed by atoms with Crippen LogP contribution < -0.4 is 4.90 Å². The van der Waals surface area contributed by atoms with Crippen LogP contribution in [0.25, 0.3) is 10.2 Å². The van der Waals surface area contributed by atoms with Gasteiger partial charge in [-0.15, -0.1) is 0 Å². The number of amides is 1. The molecule has 0 bridgehead atoms. The van der Waals surface area contributed by atoms with E-state index in [0.717, 1.165) is 32.1 Å². The summed E-state index contributed by atoms with van der Waals surface area (Å²) >= 11 is 1.44. The average Bonchev–Trinajstić information content (AvgIpc) is 3.40. The van der Waals surface area contributed by atoms with Crippen LogP contribution in [0.4, 0.5) is 5.13 Å². The van der Waals surface area contributed by atoms with Crippen LogP contribution in [-0.2, 0) is 23.0 Å². The van der Waals surface area contributed by atoms with Gasteiger partial charge in [0, 0.05) is 31.5 Å². The zero-order valence-corrected chi connectivity index (χ0v) is 23.1. The van der Waals surface area contributed by atoms with Crippen LogP contribution in [0.3, 0.4) is 0 Å². The number of para-hydroxylation sites is 1. The summed E-state index contributed by atoms with van der Waals surface area (Å²) in [5.74, 6) is -0.300. The molecule has 4 rings (SSSR count). The van der Waals surface area contributed by atoms with Crippen molar-refractivity contribution in [3.8, 4) is 12.1 Å². The Morgan fingerprint density at radius 2 is 1.59 bits per heavy atom. The highest BCUT2D eigenvalue weighted by Crippen LogP contribution is 2.33. The van der Waals surface area contributed by atoms with Crippen LogP contribution in [0, 0.1) is 22.7 Å². The molecule has 8 nitrogen and oxygen atoms in total. The Hall–Kier alpha value is -4.09. The number of sulfonamides is 1. The third-order valence-electron chi connectivity index (χ3n) is 6.22. The summed E-state index contributed by atoms with van der Waals surface area (Å²) in [6, 6.07) is 25.3. The highest BCUT2D eigenvalue weighted by molar-refractivity contribution is 7.89. The molecular weight excluding hydrogens is 530 g/mol. The number of rotatable bonds is 11. The van der Waals surface area contributed by atoms with E-state index in [9.17, 15) is 13.2 Å². The summed E-state index contributed by atoms with van der Waals surface area (Å²) in [7, 11) is -3.94. The Morgan fingerprint density at radius 3 is 2.21 bits per heavy atom. The molecule has 198 valence electrons. The van der Waals surface area contributed by atoms with Gasteiger partial charge in [0.25, 0.3) is 5.91 Å². The van der Waals surface area contributed by atoms with Gasteiger partial charge in [0.2, 0.25) is 10.0 Å². The molecule has 0 N–H and O–H groups in total. The lowest BCUT2D eigenvalue weighted by Crippen LogP contribution is -2.33. The first-order valence-electron chi connectivity index (χ1n) is 12.5. The third kappa shape index (κ3) is 6.32. The molecule has 0 aliphatic rings. The molecule has 39 heavy (non-hydrogen) atoms. The predicted molar refractivity (Wildman–Crippen MR) is 152 cm³/mol. The van der Waals surface area contributed by atoms with Gasteiger partial charge in [0.15, 0.2) is 5.13 Å². The van der Waals surface area contributed by atoms with Crippen molar-refractivity contribution in [3.05, 3.63) is 89.5 Å². The lowest BCUT2D eigenvalue weighted by molar-refractivity contribution is 0.0985. The van der Waals surface area contributed by atoms with Gasteiger partial charge in [-0.25, -0.2) is 13.4 Å². The largest absolute Gasteiger partial charge is 0.279 e. The molecule has 0 saturated heterocycles. The number of carbonyl (C=O) groups excluding carboxylic acids is 1. The van der Waals surface area contributed by atoms with Gasteiger partial charge >= 0.3 is 0 Å². The summed E-state index contributed by atoms with van der Waals surface area (Å²) in [6.45, 7) is 2.35. The molecule has 10 heteroatoms. The first-order valence-corrected chi connectivity index (χ1v) is 14.7. The molecule has 1 heterocycles. The van der Waals surface area contributed by atoms with E-state index in [2.05, 4.69) is 6.92 Å². The number of hydrogen-bond acceptors (Lipinski definition) is 7. The number of aryl methyl sites for hydroxylation is 1. The fraction of sp³-hybridized carbons (Fsp3) is 0.241. The minimum Gasteiger partial charge on any atom is -0.279 e. The zero-order chi connectivity index (χ0) is 27.8. The lowest BCUT2D eigenvalue weighted by atomic mass is 10.1. The Balaban J connectivity index is 1.68. The van der Waals surface area contributed by atoms with E-state index in [1.807, 2.05) is 60.7 Å². The van der Waals surface area contributed by atoms with Gasteiger partial charge in [-0.3, -0.25) is 9.69 Å². The molecule has 0 saturated carbocycles. The number of anilines is 1. The van der Waals surface area contributed by atoms with Crippen LogP contribution in [-0.4, -0.2) is 36.7 Å². The van der Waals surface area contributed by atoms with Crippen LogP contribution >= 0.6 is 11.3 Å². The predicted octanol–water partition coefficient (Wildman–Crippen LogP) is 5.52. The smallest absolute Gasteiger partial charge is 0.260 e. The average molecular weight is 558 g/mol. The van der Waals surface area contributed by atoms with Crippen molar-refractivity contribution in [2.45, 2.75) is 37.6 Å². The summed E-state index contributed by atoms with van der Waals surface area (Å²) < 4.78 is 28.5. The maximum absolute atomic E-state index is 13.8. The van der Waals surface area contributed by atoms with Crippen molar-refractivity contribution in [2.75, 3.05) is 18.0 Å². The van der Waals surface area contributed by atoms with Gasteiger partial charge in [0.05, 0.1) is 33.8 Å². The molecule has 0 aliphatic carbocycles. The monoisotopic (exact) mass is 557 g/mol. The normalized spacial score (nSPS) is 11.3. The van der Waals surface area contributed by atoms with E-state index in [1.54, 1.807) is 4.90 Å². The van der Waals surface area contributed by atoms with Gasteiger partial charge in [-0.05, 0) is 47.9 Å². The highest BCUT2D eigenvalue weighted by Gasteiger charge is 2.26. The molecular formula is C29H27N5O3S2. The quantitative estimate of drug-likeness (QED) is 0.239. The summed E-state index contributed by atoms with van der Waals surface area (Å²) in [6.07, 6.45) is 0.845. The van der Waals surface area contributed by atoms with Gasteiger partial charge < -0.3 is 0 Å². The Bertz CT molecular complexity index is 1620. The van der Waals surface area contributed by atoms with Crippen molar-refractivity contribution in [3.63, 3.8) is 0 Å². The third-order valence-corrected chi connectivity index (χ3v) is 9.17. The van der Waals surface area contributed by atoms with E-state index < -0.39 is 10.0 Å². The van der Waals surface area contributed by atoms with Crippen molar-refractivity contribution in [1.82, 2.24) is 9.29 Å². The fourth-order valence-electron chi connectivity index (χ4n) is 4.16. The Labute approximate surface area is 232 Å². The van der Waals surface area contributed by atoms with Gasteiger partial charge in [0.1, 0.15) is 0 Å². The van der Waals surface area contributed by atoms with Crippen molar-refractivity contribution >= 4 is 42.6 Å². The van der Waals surface area contributed by atoms with E-state index in [4.69, 9.17) is 15.5 Å². The Kier molecular flexibility index (Phi) is 9.05. The summed E-state index contributed by atoms with van der Waals surface area (Å²) in [5, 5.41) is 18.4. The van der Waals surface area contributed by atoms with Gasteiger partial charge in [-0.1, -0.05) is 60.7 Å². The van der Waals surface area contributed by atoms with E-state index >= 15 is 0 Å². The molecule has 0 unspecified atom stereocenters. The van der Waals surface area contributed by atoms with Crippen molar-refractivity contribution < 1.29 is 13.2 Å². The first kappa shape index (κ1) is 27.9. The van der Waals surface area contributed by atoms with Gasteiger partial charge in [-0.2, -0.15) is 14.8 Å². The molecule has 3 aromatic carbocycles. The van der Waals surface area contributed by atoms with Crippen LogP contribution in [0.2, 0.25) is 0 Å². The molecule has 4 aromatic rings. The van der Waals surface area contributed by atoms with E-state index in [1.165, 1.54) is 35.6 Å². The number of nitriles is 2. The highest BCUT2D eigenvalue weighted by atomic mass is 32.2. The molecule has 1 aromatic heterocycles. The van der Waals surface area contributed by atoms with Crippen molar-refractivity contribution in [1.29, 1.82) is 10.5 Å². The number of thiazole rings is 1. The molecule has 1 amide bonds. The SMILES string of the molecule is CCc1cccc2sc(N(Cc3ccccc3)C(=O)c3ccc(S(=O)(=O)N(CCC#N)CCC#N)cc3)nc12. The van der Waals surface area contributed by atoms with Crippen LogP contribution in [0.15, 0.2) is 77.7 Å². The minimum atomic E-state index is -3.94. The molecule has 0 aliphatic heterocycles. The summed E-state index contributed by atoms with van der Waals surface area (Å²) in [5.41, 5.74) is 3.24. The maximum Gasteiger partial charge on any atom is 0.260 e. The zero-order valence-electron chi connectivity index (χ0n) is 21.4. The molecule has 0 fully saturated rings. The first-order chi connectivity index (χ1) is 18.9. The van der Waals surface area contributed by atoms with Crippen LogP contribution in [0.5, 0.6) is 0 Å². The Morgan fingerprint density at radius 1 is 0.923 bits per heavy atom. The summed E-state index contributed by atoms with van der Waals surface area (Å²) in [4.78, 5) is 20.3. The number of aromatic nitrogens is 1. The fourth-order valence-corrected chi connectivity index (χ4v) is 6.62. The molecule has 0 spiro atoms. The minimum absolute atomic E-state index is 0.00267. The molecule has 0 radical (unpaired) electrons. The number of fused-ring (bicyclic) bond motifs is 1. The van der Waals surface area contributed by atoms with Crippen molar-refractivity contribution in [2.24, 2.45) is 0 Å². The van der Waals surface area contributed by atoms with Crippen LogP contribution in [0.1, 0.15) is 41.3 Å². The lowest BCUT2D eigenvalue weighted by Gasteiger charge is -2.21. The van der Waals surface area contributed by atoms with E-state index in [0.29, 0.717) is 17.2 Å². The number of benzene rings is 3. The number of carbonyl (C=O) groups is 1. The second kappa shape index (κ2) is 12.6. The maximum atomic E-state index is 13.8. The topological polar surface area (TPSA) is 118 Å². The number of hydrogen-bond donors (Lipinski definition) is 0. The van der Waals surface area contributed by atoms with E-state index in [-0.39, 0.29) is 36.7 Å². The number of nitrogens with zero attached hydrogens (tertiary/aromatic N) is 5. The second-order valence-corrected chi connectivity index (χ2v) is 11.7. The standard InChI is InChI=1S/C29H27N5O3S2/c1-2-23-11-6-12-26-27(23)32-29(38-26)34(21-22-9-4-3-5-10-22)28(35)24-13-15-25(16-14-24)39(36,37)33(19-7-17-30)20-8-18-31/h3-6,9-16H,2,7-8,19-21H2,1H3.